The highest BCUT2D eigenvalue weighted by atomic mass is 79.9. The largest absolute Gasteiger partial charge is 0.396 e. The third kappa shape index (κ3) is 2.09. The minimum absolute atomic E-state index is 0.190. The molecule has 0 bridgehead atoms. The van der Waals surface area contributed by atoms with Crippen molar-refractivity contribution in [2.24, 2.45) is 5.41 Å². The van der Waals surface area contributed by atoms with Crippen molar-refractivity contribution >= 4 is 15.9 Å². The van der Waals surface area contributed by atoms with Crippen LogP contribution in [-0.2, 0) is 6.42 Å². The Morgan fingerprint density at radius 3 is 2.69 bits per heavy atom. The van der Waals surface area contributed by atoms with Crippen molar-refractivity contribution < 1.29 is 5.11 Å². The summed E-state index contributed by atoms with van der Waals surface area (Å²) in [5.41, 5.74) is 1.41. The Balaban J connectivity index is 2.06. The summed E-state index contributed by atoms with van der Waals surface area (Å²) in [6.45, 7) is 0.309. The van der Waals surface area contributed by atoms with Crippen LogP contribution in [0.3, 0.4) is 0 Å². The lowest BCUT2D eigenvalue weighted by molar-refractivity contribution is 0.211. The van der Waals surface area contributed by atoms with Crippen molar-refractivity contribution in [1.29, 1.82) is 0 Å². The van der Waals surface area contributed by atoms with Gasteiger partial charge in [-0.15, -0.1) is 0 Å². The number of hydrogen-bond acceptors (Lipinski definition) is 2. The molecular formula is C10H12BrNO. The summed E-state index contributed by atoms with van der Waals surface area (Å²) in [7, 11) is 0. The standard InChI is InChI=1S/C10H12BrNO/c11-9-2-1-8(6-12-9)5-10(7-13)3-4-10/h1-2,6,13H,3-5,7H2. The van der Waals surface area contributed by atoms with E-state index in [2.05, 4.69) is 27.0 Å². The van der Waals surface area contributed by atoms with E-state index in [9.17, 15) is 0 Å². The first kappa shape index (κ1) is 9.16. The molecule has 0 saturated heterocycles. The topological polar surface area (TPSA) is 33.1 Å². The fourth-order valence-corrected chi connectivity index (χ4v) is 1.75. The number of aliphatic hydroxyl groups excluding tert-OH is 1. The smallest absolute Gasteiger partial charge is 0.106 e. The Morgan fingerprint density at radius 2 is 2.23 bits per heavy atom. The molecule has 3 heteroatoms. The summed E-state index contributed by atoms with van der Waals surface area (Å²) in [4.78, 5) is 4.16. The average molecular weight is 242 g/mol. The molecule has 70 valence electrons. The SMILES string of the molecule is OCC1(Cc2ccc(Br)nc2)CC1. The van der Waals surface area contributed by atoms with Crippen LogP contribution in [0.15, 0.2) is 22.9 Å². The number of aliphatic hydroxyl groups is 1. The Kier molecular flexibility index (Phi) is 2.39. The molecule has 0 amide bonds. The molecule has 0 aromatic carbocycles. The van der Waals surface area contributed by atoms with E-state index in [4.69, 9.17) is 5.11 Å². The van der Waals surface area contributed by atoms with E-state index in [0.717, 1.165) is 23.9 Å². The lowest BCUT2D eigenvalue weighted by atomic mass is 9.99. The second-order valence-electron chi connectivity index (χ2n) is 3.82. The maximum atomic E-state index is 9.14. The summed E-state index contributed by atoms with van der Waals surface area (Å²) in [5, 5.41) is 9.14. The van der Waals surface area contributed by atoms with Gasteiger partial charge in [0.1, 0.15) is 4.60 Å². The van der Waals surface area contributed by atoms with Crippen molar-refractivity contribution in [3.63, 3.8) is 0 Å². The predicted octanol–water partition coefficient (Wildman–Crippen LogP) is 2.16. The molecule has 1 aromatic rings. The fraction of sp³-hybridized carbons (Fsp3) is 0.500. The molecule has 0 unspecified atom stereocenters. The minimum atomic E-state index is 0.190. The van der Waals surface area contributed by atoms with Crippen molar-refractivity contribution in [1.82, 2.24) is 4.98 Å². The molecule has 0 spiro atoms. The number of aromatic nitrogens is 1. The summed E-state index contributed by atoms with van der Waals surface area (Å²) in [6.07, 6.45) is 5.14. The second-order valence-corrected chi connectivity index (χ2v) is 4.64. The Morgan fingerprint density at radius 1 is 1.46 bits per heavy atom. The third-order valence-corrected chi connectivity index (χ3v) is 3.13. The number of hydrogen-bond donors (Lipinski definition) is 1. The first-order valence-corrected chi connectivity index (χ1v) is 5.25. The number of nitrogens with zero attached hydrogens (tertiary/aromatic N) is 1. The Hall–Kier alpha value is -0.410. The summed E-state index contributed by atoms with van der Waals surface area (Å²) in [5.74, 6) is 0. The van der Waals surface area contributed by atoms with Gasteiger partial charge in [-0.2, -0.15) is 0 Å². The monoisotopic (exact) mass is 241 g/mol. The molecule has 1 N–H and O–H groups in total. The minimum Gasteiger partial charge on any atom is -0.396 e. The molecule has 0 radical (unpaired) electrons. The lowest BCUT2D eigenvalue weighted by Gasteiger charge is -2.10. The first-order valence-electron chi connectivity index (χ1n) is 4.45. The molecular weight excluding hydrogens is 230 g/mol. The van der Waals surface area contributed by atoms with Crippen LogP contribution in [0.2, 0.25) is 0 Å². The molecule has 1 heterocycles. The van der Waals surface area contributed by atoms with E-state index < -0.39 is 0 Å². The van der Waals surface area contributed by atoms with Crippen molar-refractivity contribution in [3.8, 4) is 0 Å². The molecule has 0 aliphatic heterocycles. The van der Waals surface area contributed by atoms with Gasteiger partial charge in [-0.3, -0.25) is 0 Å². The normalized spacial score (nSPS) is 18.6. The van der Waals surface area contributed by atoms with Crippen LogP contribution in [0.25, 0.3) is 0 Å². The van der Waals surface area contributed by atoms with Gasteiger partial charge in [-0.25, -0.2) is 4.98 Å². The number of pyridine rings is 1. The van der Waals surface area contributed by atoms with Crippen LogP contribution < -0.4 is 0 Å². The molecule has 13 heavy (non-hydrogen) atoms. The van der Waals surface area contributed by atoms with E-state index >= 15 is 0 Å². The van der Waals surface area contributed by atoms with E-state index in [-0.39, 0.29) is 5.41 Å². The highest BCUT2D eigenvalue weighted by molar-refractivity contribution is 9.10. The molecule has 1 aromatic heterocycles. The van der Waals surface area contributed by atoms with E-state index in [1.165, 1.54) is 5.56 Å². The van der Waals surface area contributed by atoms with Crippen LogP contribution >= 0.6 is 15.9 Å². The van der Waals surface area contributed by atoms with Gasteiger partial charge in [0.15, 0.2) is 0 Å². The van der Waals surface area contributed by atoms with Gasteiger partial charge in [0, 0.05) is 12.8 Å². The molecule has 1 fully saturated rings. The van der Waals surface area contributed by atoms with E-state index in [0.29, 0.717) is 6.61 Å². The molecule has 1 aliphatic carbocycles. The van der Waals surface area contributed by atoms with Gasteiger partial charge in [0.05, 0.1) is 0 Å². The molecule has 2 rings (SSSR count). The number of halogens is 1. The summed E-state index contributed by atoms with van der Waals surface area (Å²) < 4.78 is 0.866. The van der Waals surface area contributed by atoms with Gasteiger partial charge >= 0.3 is 0 Å². The zero-order valence-electron chi connectivity index (χ0n) is 7.33. The highest BCUT2D eigenvalue weighted by Gasteiger charge is 2.41. The lowest BCUT2D eigenvalue weighted by Crippen LogP contribution is -2.10. The van der Waals surface area contributed by atoms with Crippen LogP contribution in [0, 0.1) is 5.41 Å². The van der Waals surface area contributed by atoms with Gasteiger partial charge in [-0.1, -0.05) is 6.07 Å². The average Bonchev–Trinajstić information content (AvgIpc) is 2.90. The van der Waals surface area contributed by atoms with Gasteiger partial charge < -0.3 is 5.11 Å². The fourth-order valence-electron chi connectivity index (χ4n) is 1.51. The van der Waals surface area contributed by atoms with Gasteiger partial charge in [0.2, 0.25) is 0 Å². The molecule has 1 aliphatic rings. The molecule has 2 nitrogen and oxygen atoms in total. The first-order chi connectivity index (χ1) is 6.24. The van der Waals surface area contributed by atoms with Crippen LogP contribution in [0.4, 0.5) is 0 Å². The van der Waals surface area contributed by atoms with Crippen molar-refractivity contribution in [2.75, 3.05) is 6.61 Å². The molecule has 1 saturated carbocycles. The molecule has 0 atom stereocenters. The van der Waals surface area contributed by atoms with Gasteiger partial charge in [0.25, 0.3) is 0 Å². The van der Waals surface area contributed by atoms with Crippen LogP contribution in [-0.4, -0.2) is 16.7 Å². The number of rotatable bonds is 3. The second kappa shape index (κ2) is 3.39. The maximum Gasteiger partial charge on any atom is 0.106 e. The zero-order chi connectivity index (χ0) is 9.31. The summed E-state index contributed by atoms with van der Waals surface area (Å²) in [6, 6.07) is 4.01. The summed E-state index contributed by atoms with van der Waals surface area (Å²) >= 11 is 3.30. The van der Waals surface area contributed by atoms with Crippen molar-refractivity contribution in [3.05, 3.63) is 28.5 Å². The van der Waals surface area contributed by atoms with E-state index in [1.807, 2.05) is 12.3 Å². The van der Waals surface area contributed by atoms with Crippen LogP contribution in [0.5, 0.6) is 0 Å². The third-order valence-electron chi connectivity index (χ3n) is 2.66. The van der Waals surface area contributed by atoms with Gasteiger partial charge in [-0.05, 0) is 52.2 Å². The van der Waals surface area contributed by atoms with E-state index in [1.54, 1.807) is 0 Å². The highest BCUT2D eigenvalue weighted by Crippen LogP contribution is 2.47. The Bertz CT molecular complexity index is 292. The quantitative estimate of drug-likeness (QED) is 0.824. The van der Waals surface area contributed by atoms with Crippen LogP contribution in [0.1, 0.15) is 18.4 Å². The zero-order valence-corrected chi connectivity index (χ0v) is 8.92. The maximum absolute atomic E-state index is 9.14. The van der Waals surface area contributed by atoms with Crippen molar-refractivity contribution in [2.45, 2.75) is 19.3 Å². The predicted molar refractivity (Wildman–Crippen MR) is 54.4 cm³/mol. The Labute approximate surface area is 86.1 Å².